The first kappa shape index (κ1) is 22.7. The van der Waals surface area contributed by atoms with Gasteiger partial charge in [-0.3, -0.25) is 4.79 Å². The molecule has 176 valence electrons. The monoisotopic (exact) mass is 505 g/mol. The molecular weight excluding hydrogens is 478 g/mol. The van der Waals surface area contributed by atoms with E-state index in [-0.39, 0.29) is 18.4 Å². The highest BCUT2D eigenvalue weighted by Gasteiger charge is 2.33. The van der Waals surface area contributed by atoms with E-state index in [2.05, 4.69) is 22.2 Å². The molecule has 11 heteroatoms. The molecule has 2 aliphatic heterocycles. The third kappa shape index (κ3) is 4.78. The summed E-state index contributed by atoms with van der Waals surface area (Å²) in [4.78, 5) is 22.4. The molecule has 0 bridgehead atoms. The van der Waals surface area contributed by atoms with E-state index in [1.165, 1.54) is 15.6 Å². The molecule has 1 amide bonds. The van der Waals surface area contributed by atoms with Gasteiger partial charge in [-0.1, -0.05) is 17.4 Å². The van der Waals surface area contributed by atoms with Crippen molar-refractivity contribution in [2.45, 2.75) is 17.1 Å². The minimum Gasteiger partial charge on any atom is -0.345 e. The fourth-order valence-corrected chi connectivity index (χ4v) is 8.00. The number of carbonyl (C=O) groups excluding carboxylic acids is 1. The Kier molecular flexibility index (Phi) is 6.41. The number of hydrogen-bond donors (Lipinski definition) is 1. The largest absolute Gasteiger partial charge is 0.345 e. The van der Waals surface area contributed by atoms with Crippen molar-refractivity contribution >= 4 is 59.6 Å². The first-order valence-corrected chi connectivity index (χ1v) is 14.2. The van der Waals surface area contributed by atoms with E-state index < -0.39 is 10.0 Å². The van der Waals surface area contributed by atoms with Crippen LogP contribution in [0, 0.1) is 5.92 Å². The van der Waals surface area contributed by atoms with Crippen LogP contribution in [0.2, 0.25) is 0 Å². The predicted molar refractivity (Wildman–Crippen MR) is 134 cm³/mol. The van der Waals surface area contributed by atoms with Gasteiger partial charge in [0.2, 0.25) is 5.91 Å². The summed E-state index contributed by atoms with van der Waals surface area (Å²) < 4.78 is 28.5. The molecule has 33 heavy (non-hydrogen) atoms. The Balaban J connectivity index is 1.26. The molecule has 5 rings (SSSR count). The van der Waals surface area contributed by atoms with Crippen LogP contribution >= 0.6 is 22.7 Å². The number of piperazine rings is 1. The number of nitrogens with one attached hydrogen (secondary N) is 1. The maximum absolute atomic E-state index is 13.0. The van der Waals surface area contributed by atoms with Gasteiger partial charge in [-0.25, -0.2) is 13.4 Å². The number of anilines is 2. The Hall–Kier alpha value is -2.05. The number of piperidine rings is 1. The Labute approximate surface area is 201 Å². The van der Waals surface area contributed by atoms with Gasteiger partial charge in [0, 0.05) is 45.0 Å². The molecule has 2 aromatic heterocycles. The average Bonchev–Trinajstić information content (AvgIpc) is 3.50. The van der Waals surface area contributed by atoms with E-state index in [0.717, 1.165) is 47.2 Å². The zero-order valence-electron chi connectivity index (χ0n) is 18.4. The fraction of sp³-hybridized carbons (Fsp3) is 0.455. The Morgan fingerprint density at radius 3 is 2.73 bits per heavy atom. The minimum absolute atomic E-state index is 0.135. The molecule has 1 aromatic carbocycles. The van der Waals surface area contributed by atoms with Crippen LogP contribution in [0.3, 0.4) is 0 Å². The number of nitrogens with zero attached hydrogens (tertiary/aromatic N) is 4. The Morgan fingerprint density at radius 1 is 1.15 bits per heavy atom. The SMILES string of the molecule is CN1CCN(c2nc3ccc(NC(=O)[C@@H]4CCCN(S(=O)(=O)c5cccs5)C4)cc3s2)CC1. The molecule has 2 saturated heterocycles. The molecule has 8 nitrogen and oxygen atoms in total. The predicted octanol–water partition coefficient (Wildman–Crippen LogP) is 3.15. The van der Waals surface area contributed by atoms with Gasteiger partial charge in [0.05, 0.1) is 16.1 Å². The summed E-state index contributed by atoms with van der Waals surface area (Å²) in [5, 5.41) is 5.78. The molecule has 1 atom stereocenters. The number of amides is 1. The number of fused-ring (bicyclic) bond motifs is 1. The van der Waals surface area contributed by atoms with Crippen LogP contribution in [0.4, 0.5) is 10.8 Å². The molecule has 0 unspecified atom stereocenters. The highest BCUT2D eigenvalue weighted by molar-refractivity contribution is 7.91. The van der Waals surface area contributed by atoms with E-state index in [9.17, 15) is 13.2 Å². The molecule has 1 N–H and O–H groups in total. The number of aromatic nitrogens is 1. The molecule has 0 aliphatic carbocycles. The van der Waals surface area contributed by atoms with Crippen LogP contribution in [0.15, 0.2) is 39.9 Å². The van der Waals surface area contributed by atoms with E-state index in [1.807, 2.05) is 18.2 Å². The second kappa shape index (κ2) is 9.30. The number of likely N-dealkylation sites (N-methyl/N-ethyl adjacent to an activating group) is 1. The maximum Gasteiger partial charge on any atom is 0.252 e. The Morgan fingerprint density at radius 2 is 1.97 bits per heavy atom. The van der Waals surface area contributed by atoms with Crippen molar-refractivity contribution in [2.75, 3.05) is 56.5 Å². The summed E-state index contributed by atoms with van der Waals surface area (Å²) in [6, 6.07) is 9.13. The van der Waals surface area contributed by atoms with Gasteiger partial charge < -0.3 is 15.1 Å². The Bertz CT molecular complexity index is 1230. The first-order chi connectivity index (χ1) is 15.9. The van der Waals surface area contributed by atoms with Crippen molar-refractivity contribution in [2.24, 2.45) is 5.92 Å². The van der Waals surface area contributed by atoms with E-state index >= 15 is 0 Å². The van der Waals surface area contributed by atoms with Crippen LogP contribution in [-0.4, -0.2) is 74.8 Å². The van der Waals surface area contributed by atoms with Crippen LogP contribution in [0.25, 0.3) is 10.2 Å². The standard InChI is InChI=1S/C22H27N5O3S3/c1-25-9-11-26(12-10-25)22-24-18-7-6-17(14-19(18)32-22)23-21(28)16-4-2-8-27(15-16)33(29,30)20-5-3-13-31-20/h3,5-7,13-14,16H,2,4,8-12,15H2,1H3,(H,23,28)/t16-/m1/s1. The number of thiazole rings is 1. The number of rotatable bonds is 5. The van der Waals surface area contributed by atoms with Crippen molar-refractivity contribution in [1.29, 1.82) is 0 Å². The molecule has 3 aromatic rings. The van der Waals surface area contributed by atoms with Gasteiger partial charge in [0.15, 0.2) is 5.13 Å². The molecular formula is C22H27N5O3S3. The quantitative estimate of drug-likeness (QED) is 0.573. The first-order valence-electron chi connectivity index (χ1n) is 11.1. The van der Waals surface area contributed by atoms with Crippen LogP contribution < -0.4 is 10.2 Å². The summed E-state index contributed by atoms with van der Waals surface area (Å²) in [6.45, 7) is 4.64. The number of thiophene rings is 1. The van der Waals surface area contributed by atoms with Gasteiger partial charge in [0.1, 0.15) is 4.21 Å². The molecule has 0 spiro atoms. The molecule has 2 aliphatic rings. The van der Waals surface area contributed by atoms with Crippen LogP contribution in [-0.2, 0) is 14.8 Å². The summed E-state index contributed by atoms with van der Waals surface area (Å²) in [7, 11) is -1.41. The summed E-state index contributed by atoms with van der Waals surface area (Å²) in [6.07, 6.45) is 1.35. The molecule has 0 saturated carbocycles. The van der Waals surface area contributed by atoms with Crippen molar-refractivity contribution in [3.8, 4) is 0 Å². The topological polar surface area (TPSA) is 85.8 Å². The van der Waals surface area contributed by atoms with Gasteiger partial charge in [-0.2, -0.15) is 4.31 Å². The zero-order chi connectivity index (χ0) is 23.0. The zero-order valence-corrected chi connectivity index (χ0v) is 20.9. The van der Waals surface area contributed by atoms with Crippen molar-refractivity contribution < 1.29 is 13.2 Å². The van der Waals surface area contributed by atoms with Crippen LogP contribution in [0.1, 0.15) is 12.8 Å². The number of sulfonamides is 1. The van der Waals surface area contributed by atoms with Gasteiger partial charge >= 0.3 is 0 Å². The third-order valence-corrected chi connectivity index (χ3v) is 10.6. The maximum atomic E-state index is 13.0. The average molecular weight is 506 g/mol. The fourth-order valence-electron chi connectivity index (χ4n) is 4.28. The third-order valence-electron chi connectivity index (χ3n) is 6.26. The van der Waals surface area contributed by atoms with Gasteiger partial charge in [0.25, 0.3) is 10.0 Å². The van der Waals surface area contributed by atoms with Gasteiger partial charge in [-0.15, -0.1) is 11.3 Å². The molecule has 4 heterocycles. The lowest BCUT2D eigenvalue weighted by Crippen LogP contribution is -2.44. The molecule has 0 radical (unpaired) electrons. The summed E-state index contributed by atoms with van der Waals surface area (Å²) in [5.74, 6) is -0.504. The molecule has 2 fully saturated rings. The second-order valence-electron chi connectivity index (χ2n) is 8.59. The van der Waals surface area contributed by atoms with E-state index in [1.54, 1.807) is 28.8 Å². The lowest BCUT2D eigenvalue weighted by atomic mass is 9.99. The highest BCUT2D eigenvalue weighted by atomic mass is 32.2. The number of benzene rings is 1. The lowest BCUT2D eigenvalue weighted by molar-refractivity contribution is -0.120. The lowest BCUT2D eigenvalue weighted by Gasteiger charge is -2.32. The smallest absolute Gasteiger partial charge is 0.252 e. The number of hydrogen-bond acceptors (Lipinski definition) is 8. The summed E-state index contributed by atoms with van der Waals surface area (Å²) in [5.41, 5.74) is 1.65. The highest BCUT2D eigenvalue weighted by Crippen LogP contribution is 2.32. The van der Waals surface area contributed by atoms with Crippen LogP contribution in [0.5, 0.6) is 0 Å². The van der Waals surface area contributed by atoms with E-state index in [0.29, 0.717) is 23.6 Å². The summed E-state index contributed by atoms with van der Waals surface area (Å²) >= 11 is 2.85. The van der Waals surface area contributed by atoms with Crippen molar-refractivity contribution in [1.82, 2.24) is 14.2 Å². The number of carbonyl (C=O) groups is 1. The van der Waals surface area contributed by atoms with Gasteiger partial charge in [-0.05, 0) is 49.5 Å². The normalized spacial score (nSPS) is 20.9. The van der Waals surface area contributed by atoms with Crippen molar-refractivity contribution in [3.05, 3.63) is 35.7 Å². The minimum atomic E-state index is -3.54. The van der Waals surface area contributed by atoms with Crippen molar-refractivity contribution in [3.63, 3.8) is 0 Å². The second-order valence-corrected chi connectivity index (χ2v) is 12.7. The van der Waals surface area contributed by atoms with E-state index in [4.69, 9.17) is 4.98 Å².